The number of halogens is 2. The summed E-state index contributed by atoms with van der Waals surface area (Å²) in [7, 11) is 0. The van der Waals surface area contributed by atoms with Gasteiger partial charge in [-0.15, -0.1) is 0 Å². The van der Waals surface area contributed by atoms with Crippen LogP contribution in [0.5, 0.6) is 0 Å². The topological polar surface area (TPSA) is 30.7 Å². The zero-order valence-corrected chi connectivity index (χ0v) is 10.0. The number of rotatable bonds is 2. The van der Waals surface area contributed by atoms with Crippen molar-refractivity contribution in [3.05, 3.63) is 21.9 Å². The van der Waals surface area contributed by atoms with Crippen molar-refractivity contribution in [2.24, 2.45) is 0 Å². The summed E-state index contributed by atoms with van der Waals surface area (Å²) >= 11 is 9.43. The van der Waals surface area contributed by atoms with Gasteiger partial charge in [-0.05, 0) is 22.4 Å². The van der Waals surface area contributed by atoms with E-state index >= 15 is 0 Å². The number of nitrogens with zero attached hydrogens (tertiary/aromatic N) is 3. The molecule has 74 valence electrons. The monoisotopic (exact) mass is 273 g/mol. The minimum atomic E-state index is 0.678. The molecule has 0 aliphatic heterocycles. The maximum atomic E-state index is 6.10. The molecule has 3 nitrogen and oxygen atoms in total. The first kappa shape index (κ1) is 9.93. The van der Waals surface area contributed by atoms with Gasteiger partial charge in [-0.2, -0.15) is 5.10 Å². The zero-order valence-electron chi connectivity index (χ0n) is 7.67. The molecule has 0 amide bonds. The Morgan fingerprint density at radius 3 is 3.00 bits per heavy atom. The molecule has 0 radical (unpaired) electrons. The van der Waals surface area contributed by atoms with E-state index in [9.17, 15) is 0 Å². The third-order valence-corrected chi connectivity index (χ3v) is 3.23. The second-order valence-corrected chi connectivity index (χ2v) is 4.26. The summed E-state index contributed by atoms with van der Waals surface area (Å²) in [6, 6.07) is 0. The lowest BCUT2D eigenvalue weighted by atomic mass is 10.3. The molecule has 0 saturated carbocycles. The molecule has 0 aliphatic rings. The maximum absolute atomic E-state index is 6.10. The van der Waals surface area contributed by atoms with Crippen molar-refractivity contribution < 1.29 is 0 Å². The Morgan fingerprint density at radius 1 is 1.50 bits per heavy atom. The Bertz CT molecular complexity index is 466. The highest BCUT2D eigenvalue weighted by molar-refractivity contribution is 9.10. The van der Waals surface area contributed by atoms with Crippen LogP contribution in [0.2, 0.25) is 5.02 Å². The number of hydrogen-bond acceptors (Lipinski definition) is 2. The fraction of sp³-hybridized carbons (Fsp3) is 0.333. The predicted molar refractivity (Wildman–Crippen MR) is 60.5 cm³/mol. The average molecular weight is 275 g/mol. The van der Waals surface area contributed by atoms with Crippen molar-refractivity contribution in [3.8, 4) is 0 Å². The van der Waals surface area contributed by atoms with E-state index in [0.29, 0.717) is 5.02 Å². The quantitative estimate of drug-likeness (QED) is 0.841. The Labute approximate surface area is 95.2 Å². The number of aryl methyl sites for hydroxylation is 1. The number of fused-ring (bicyclic) bond motifs is 1. The molecule has 5 heteroatoms. The van der Waals surface area contributed by atoms with E-state index in [0.717, 1.165) is 28.5 Å². The van der Waals surface area contributed by atoms with Gasteiger partial charge in [-0.1, -0.05) is 18.5 Å². The molecule has 0 aromatic carbocycles. The van der Waals surface area contributed by atoms with Gasteiger partial charge in [0.1, 0.15) is 0 Å². The van der Waals surface area contributed by atoms with Crippen LogP contribution >= 0.6 is 27.5 Å². The van der Waals surface area contributed by atoms with Crippen molar-refractivity contribution in [2.45, 2.75) is 19.9 Å². The van der Waals surface area contributed by atoms with Crippen LogP contribution in [0.4, 0.5) is 0 Å². The van der Waals surface area contributed by atoms with Crippen molar-refractivity contribution in [2.75, 3.05) is 0 Å². The summed E-state index contributed by atoms with van der Waals surface area (Å²) in [5.41, 5.74) is 0.847. The molecular formula is C9H9BrClN3. The normalized spacial score (nSPS) is 11.1. The molecule has 0 atom stereocenters. The van der Waals surface area contributed by atoms with E-state index in [2.05, 4.69) is 32.9 Å². The van der Waals surface area contributed by atoms with Crippen LogP contribution in [-0.2, 0) is 6.54 Å². The molecule has 2 rings (SSSR count). The molecule has 0 unspecified atom stereocenters. The third kappa shape index (κ3) is 1.53. The highest BCUT2D eigenvalue weighted by Gasteiger charge is 2.09. The van der Waals surface area contributed by atoms with E-state index in [-0.39, 0.29) is 0 Å². The zero-order chi connectivity index (χ0) is 10.1. The molecule has 0 fully saturated rings. The number of hydrogen-bond donors (Lipinski definition) is 0. The molecule has 0 bridgehead atoms. The lowest BCUT2D eigenvalue weighted by Gasteiger charge is -2.00. The Morgan fingerprint density at radius 2 is 2.29 bits per heavy atom. The van der Waals surface area contributed by atoms with Crippen LogP contribution < -0.4 is 0 Å². The summed E-state index contributed by atoms with van der Waals surface area (Å²) in [6.45, 7) is 2.97. The van der Waals surface area contributed by atoms with Gasteiger partial charge in [0, 0.05) is 12.7 Å². The maximum Gasteiger partial charge on any atom is 0.159 e. The summed E-state index contributed by atoms with van der Waals surface area (Å²) in [5.74, 6) is 0. The second kappa shape index (κ2) is 3.87. The first-order valence-corrected chi connectivity index (χ1v) is 5.56. The van der Waals surface area contributed by atoms with Crippen LogP contribution in [0.1, 0.15) is 13.3 Å². The van der Waals surface area contributed by atoms with Crippen LogP contribution in [0.25, 0.3) is 11.0 Å². The van der Waals surface area contributed by atoms with Crippen molar-refractivity contribution in [1.82, 2.24) is 14.8 Å². The summed E-state index contributed by atoms with van der Waals surface area (Å²) in [4.78, 5) is 4.29. The molecule has 0 spiro atoms. The highest BCUT2D eigenvalue weighted by Crippen LogP contribution is 2.28. The van der Waals surface area contributed by atoms with Gasteiger partial charge >= 0.3 is 0 Å². The van der Waals surface area contributed by atoms with Crippen molar-refractivity contribution in [1.29, 1.82) is 0 Å². The Balaban J connectivity index is 2.64. The van der Waals surface area contributed by atoms with Gasteiger partial charge in [-0.25, -0.2) is 9.67 Å². The van der Waals surface area contributed by atoms with E-state index in [1.807, 2.05) is 4.68 Å². The predicted octanol–water partition coefficient (Wildman–Crippen LogP) is 3.26. The van der Waals surface area contributed by atoms with E-state index < -0.39 is 0 Å². The van der Waals surface area contributed by atoms with E-state index in [1.54, 1.807) is 12.4 Å². The van der Waals surface area contributed by atoms with Gasteiger partial charge in [0.25, 0.3) is 0 Å². The first-order chi connectivity index (χ1) is 6.74. The molecule has 0 aliphatic carbocycles. The molecule has 14 heavy (non-hydrogen) atoms. The minimum absolute atomic E-state index is 0.678. The van der Waals surface area contributed by atoms with Crippen LogP contribution in [0, 0.1) is 0 Å². The Kier molecular flexibility index (Phi) is 2.74. The molecule has 2 aromatic heterocycles. The number of aromatic nitrogens is 3. The second-order valence-electron chi connectivity index (χ2n) is 3.03. The van der Waals surface area contributed by atoms with Gasteiger partial charge in [0.15, 0.2) is 5.65 Å². The van der Waals surface area contributed by atoms with Gasteiger partial charge in [0.2, 0.25) is 0 Å². The fourth-order valence-electron chi connectivity index (χ4n) is 1.35. The number of pyridine rings is 1. The van der Waals surface area contributed by atoms with Crippen LogP contribution in [0.3, 0.4) is 0 Å². The summed E-state index contributed by atoms with van der Waals surface area (Å²) in [5, 5.41) is 5.81. The molecule has 0 saturated heterocycles. The van der Waals surface area contributed by atoms with Gasteiger partial charge in [-0.3, -0.25) is 0 Å². The standard InChI is InChI=1S/C9H9BrClN3/c1-2-3-14-9-6(4-13-14)8(11)7(10)5-12-9/h4-5H,2-3H2,1H3. The Hall–Kier alpha value is -0.610. The molecule has 2 heterocycles. The summed E-state index contributed by atoms with van der Waals surface area (Å²) in [6.07, 6.45) is 4.50. The van der Waals surface area contributed by atoms with Gasteiger partial charge < -0.3 is 0 Å². The average Bonchev–Trinajstić information content (AvgIpc) is 2.57. The molecule has 0 N–H and O–H groups in total. The summed E-state index contributed by atoms with van der Waals surface area (Å²) < 4.78 is 2.68. The first-order valence-electron chi connectivity index (χ1n) is 4.39. The lowest BCUT2D eigenvalue weighted by molar-refractivity contribution is 0.617. The fourth-order valence-corrected chi connectivity index (χ4v) is 1.85. The van der Waals surface area contributed by atoms with Crippen LogP contribution in [-0.4, -0.2) is 14.8 Å². The SMILES string of the molecule is CCCn1ncc2c(Cl)c(Br)cnc21. The largest absolute Gasteiger partial charge is 0.247 e. The van der Waals surface area contributed by atoms with Crippen LogP contribution in [0.15, 0.2) is 16.9 Å². The molecule has 2 aromatic rings. The smallest absolute Gasteiger partial charge is 0.159 e. The molecular weight excluding hydrogens is 265 g/mol. The van der Waals surface area contributed by atoms with Gasteiger partial charge in [0.05, 0.1) is 21.1 Å². The third-order valence-electron chi connectivity index (χ3n) is 1.99. The van der Waals surface area contributed by atoms with Crippen molar-refractivity contribution in [3.63, 3.8) is 0 Å². The van der Waals surface area contributed by atoms with Crippen molar-refractivity contribution >= 4 is 38.6 Å². The lowest BCUT2D eigenvalue weighted by Crippen LogP contribution is -1.99. The highest BCUT2D eigenvalue weighted by atomic mass is 79.9. The van der Waals surface area contributed by atoms with E-state index in [1.165, 1.54) is 0 Å². The minimum Gasteiger partial charge on any atom is -0.247 e. The van der Waals surface area contributed by atoms with E-state index in [4.69, 9.17) is 11.6 Å².